The molecule has 0 radical (unpaired) electrons. The lowest BCUT2D eigenvalue weighted by Crippen LogP contribution is -2.34. The summed E-state index contributed by atoms with van der Waals surface area (Å²) >= 11 is 0. The zero-order chi connectivity index (χ0) is 18.6. The number of sulfone groups is 1. The molecule has 0 heterocycles. The van der Waals surface area contributed by atoms with E-state index in [2.05, 4.69) is 5.32 Å². The summed E-state index contributed by atoms with van der Waals surface area (Å²) in [7, 11) is -3.76. The van der Waals surface area contributed by atoms with Gasteiger partial charge >= 0.3 is 0 Å². The topological polar surface area (TPSA) is 106 Å². The zero-order valence-corrected chi connectivity index (χ0v) is 14.8. The summed E-state index contributed by atoms with van der Waals surface area (Å²) in [4.78, 5) is 23.3. The number of Topliss-reactive ketones (excluding diaryl/α,β-unsaturated/α-hetero) is 1. The van der Waals surface area contributed by atoms with Crippen LogP contribution in [0.1, 0.15) is 30.6 Å². The first-order valence-corrected chi connectivity index (χ1v) is 9.26. The minimum absolute atomic E-state index is 0.0472. The van der Waals surface area contributed by atoms with Crippen molar-refractivity contribution in [1.82, 2.24) is 0 Å². The lowest BCUT2D eigenvalue weighted by molar-refractivity contribution is -0.117. The molecular weight excluding hydrogens is 340 g/mol. The second-order valence-electron chi connectivity index (χ2n) is 5.62. The number of nitrogens with one attached hydrogen (secondary N) is 1. The van der Waals surface area contributed by atoms with Crippen LogP contribution < -0.4 is 11.1 Å². The van der Waals surface area contributed by atoms with Gasteiger partial charge in [0.05, 0.1) is 15.8 Å². The van der Waals surface area contributed by atoms with Crippen molar-refractivity contribution in [3.8, 4) is 0 Å². The monoisotopic (exact) mass is 360 g/mol. The van der Waals surface area contributed by atoms with Crippen molar-refractivity contribution < 1.29 is 18.0 Å². The lowest BCUT2D eigenvalue weighted by Gasteiger charge is -2.11. The fourth-order valence-electron chi connectivity index (χ4n) is 2.17. The minimum Gasteiger partial charge on any atom is -0.325 e. The Morgan fingerprint density at radius 3 is 2.28 bits per heavy atom. The van der Waals surface area contributed by atoms with E-state index >= 15 is 0 Å². The Morgan fingerprint density at radius 2 is 1.72 bits per heavy atom. The van der Waals surface area contributed by atoms with Crippen molar-refractivity contribution in [2.24, 2.45) is 5.73 Å². The predicted octanol–water partition coefficient (Wildman–Crippen LogP) is 2.40. The minimum atomic E-state index is -3.76. The Balaban J connectivity index is 2.32. The van der Waals surface area contributed by atoms with Crippen LogP contribution in [0.4, 0.5) is 5.69 Å². The number of rotatable bonds is 6. The molecule has 0 saturated heterocycles. The molecule has 2 aromatic rings. The van der Waals surface area contributed by atoms with Gasteiger partial charge in [-0.05, 0) is 43.7 Å². The SMILES string of the molecule is CCC(N)C(=O)Nc1cccc(S(=O)(=O)c2ccc(C(C)=O)cc2)c1. The Kier molecular flexibility index (Phi) is 5.71. The number of ketones is 1. The number of amides is 1. The molecule has 1 amide bonds. The summed E-state index contributed by atoms with van der Waals surface area (Å²) in [6.07, 6.45) is 0.478. The largest absolute Gasteiger partial charge is 0.325 e. The number of hydrogen-bond donors (Lipinski definition) is 2. The molecule has 132 valence electrons. The molecule has 0 fully saturated rings. The molecule has 0 spiro atoms. The van der Waals surface area contributed by atoms with Crippen molar-refractivity contribution in [3.63, 3.8) is 0 Å². The molecule has 1 atom stereocenters. The average molecular weight is 360 g/mol. The number of benzene rings is 2. The third kappa shape index (κ3) is 4.32. The van der Waals surface area contributed by atoms with Crippen molar-refractivity contribution in [1.29, 1.82) is 0 Å². The Bertz CT molecular complexity index is 890. The summed E-state index contributed by atoms with van der Waals surface area (Å²) in [5.41, 5.74) is 6.46. The zero-order valence-electron chi connectivity index (χ0n) is 14.0. The number of nitrogens with two attached hydrogens (primary N) is 1. The quantitative estimate of drug-likeness (QED) is 0.769. The molecule has 0 aromatic heterocycles. The van der Waals surface area contributed by atoms with Crippen LogP contribution in [-0.2, 0) is 14.6 Å². The van der Waals surface area contributed by atoms with Gasteiger partial charge in [-0.25, -0.2) is 8.42 Å². The van der Waals surface area contributed by atoms with E-state index in [9.17, 15) is 18.0 Å². The van der Waals surface area contributed by atoms with Crippen LogP contribution in [0.15, 0.2) is 58.3 Å². The van der Waals surface area contributed by atoms with E-state index in [-0.39, 0.29) is 21.5 Å². The molecule has 1 unspecified atom stereocenters. The fourth-order valence-corrected chi connectivity index (χ4v) is 3.47. The standard InChI is InChI=1S/C18H20N2O4S/c1-3-17(19)18(22)20-14-5-4-6-16(11-14)25(23,24)15-9-7-13(8-10-15)12(2)21/h4-11,17H,3,19H2,1-2H3,(H,20,22). The molecule has 0 saturated carbocycles. The van der Waals surface area contributed by atoms with Gasteiger partial charge in [0, 0.05) is 11.3 Å². The Hall–Kier alpha value is -2.51. The summed E-state index contributed by atoms with van der Waals surface area (Å²) in [6.45, 7) is 3.20. The highest BCUT2D eigenvalue weighted by Gasteiger charge is 2.19. The summed E-state index contributed by atoms with van der Waals surface area (Å²) in [5, 5.41) is 2.61. The molecule has 0 aliphatic carbocycles. The van der Waals surface area contributed by atoms with E-state index in [1.54, 1.807) is 19.1 Å². The molecule has 0 bridgehead atoms. The van der Waals surface area contributed by atoms with E-state index < -0.39 is 15.9 Å². The smallest absolute Gasteiger partial charge is 0.241 e. The van der Waals surface area contributed by atoms with E-state index in [4.69, 9.17) is 5.73 Å². The summed E-state index contributed by atoms with van der Waals surface area (Å²) in [5.74, 6) is -0.510. The Morgan fingerprint density at radius 1 is 1.08 bits per heavy atom. The highest BCUT2D eigenvalue weighted by Crippen LogP contribution is 2.24. The van der Waals surface area contributed by atoms with Gasteiger partial charge in [-0.3, -0.25) is 9.59 Å². The molecule has 25 heavy (non-hydrogen) atoms. The third-order valence-electron chi connectivity index (χ3n) is 3.76. The molecule has 2 aromatic carbocycles. The second-order valence-corrected chi connectivity index (χ2v) is 7.57. The van der Waals surface area contributed by atoms with Gasteiger partial charge in [0.15, 0.2) is 5.78 Å². The van der Waals surface area contributed by atoms with Gasteiger partial charge in [0.1, 0.15) is 0 Å². The lowest BCUT2D eigenvalue weighted by atomic mass is 10.2. The highest BCUT2D eigenvalue weighted by atomic mass is 32.2. The van der Waals surface area contributed by atoms with Crippen LogP contribution in [0.25, 0.3) is 0 Å². The molecule has 6 nitrogen and oxygen atoms in total. The van der Waals surface area contributed by atoms with E-state index in [1.807, 2.05) is 0 Å². The maximum atomic E-state index is 12.7. The average Bonchev–Trinajstić information content (AvgIpc) is 2.61. The number of carbonyl (C=O) groups excluding carboxylic acids is 2. The first-order valence-electron chi connectivity index (χ1n) is 7.78. The number of hydrogen-bond acceptors (Lipinski definition) is 5. The van der Waals surface area contributed by atoms with Crippen LogP contribution in [0, 0.1) is 0 Å². The molecule has 7 heteroatoms. The van der Waals surface area contributed by atoms with E-state index in [0.29, 0.717) is 17.7 Å². The van der Waals surface area contributed by atoms with Gasteiger partial charge < -0.3 is 11.1 Å². The van der Waals surface area contributed by atoms with Gasteiger partial charge in [-0.2, -0.15) is 0 Å². The maximum absolute atomic E-state index is 12.7. The molecule has 0 aliphatic heterocycles. The Labute approximate surface area is 147 Å². The molecule has 2 rings (SSSR count). The summed E-state index contributed by atoms with van der Waals surface area (Å²) < 4.78 is 25.4. The number of anilines is 1. The van der Waals surface area contributed by atoms with Crippen LogP contribution >= 0.6 is 0 Å². The van der Waals surface area contributed by atoms with Crippen LogP contribution in [0.2, 0.25) is 0 Å². The van der Waals surface area contributed by atoms with Crippen molar-refractivity contribution in [3.05, 3.63) is 54.1 Å². The molecular formula is C18H20N2O4S. The predicted molar refractivity (Wildman–Crippen MR) is 95.2 cm³/mol. The highest BCUT2D eigenvalue weighted by molar-refractivity contribution is 7.91. The maximum Gasteiger partial charge on any atom is 0.241 e. The van der Waals surface area contributed by atoms with Crippen molar-refractivity contribution in [2.45, 2.75) is 36.1 Å². The first-order chi connectivity index (χ1) is 11.8. The molecule has 0 aliphatic rings. The number of carbonyl (C=O) groups is 2. The van der Waals surface area contributed by atoms with Gasteiger partial charge in [-0.15, -0.1) is 0 Å². The van der Waals surface area contributed by atoms with Crippen LogP contribution in [-0.4, -0.2) is 26.2 Å². The third-order valence-corrected chi connectivity index (χ3v) is 5.53. The summed E-state index contributed by atoms with van der Waals surface area (Å²) in [6, 6.07) is 11.1. The van der Waals surface area contributed by atoms with Crippen molar-refractivity contribution >= 4 is 27.2 Å². The van der Waals surface area contributed by atoms with Gasteiger partial charge in [-0.1, -0.05) is 25.1 Å². The van der Waals surface area contributed by atoms with E-state index in [1.165, 1.54) is 43.3 Å². The first kappa shape index (κ1) is 18.8. The molecule has 3 N–H and O–H groups in total. The van der Waals surface area contributed by atoms with E-state index in [0.717, 1.165) is 0 Å². The van der Waals surface area contributed by atoms with Gasteiger partial charge in [0.25, 0.3) is 0 Å². The van der Waals surface area contributed by atoms with Crippen LogP contribution in [0.3, 0.4) is 0 Å². The van der Waals surface area contributed by atoms with Crippen LogP contribution in [0.5, 0.6) is 0 Å². The normalized spacial score (nSPS) is 12.4. The van der Waals surface area contributed by atoms with Gasteiger partial charge in [0.2, 0.25) is 15.7 Å². The fraction of sp³-hybridized carbons (Fsp3) is 0.222. The second kappa shape index (κ2) is 7.58. The van der Waals surface area contributed by atoms with Crippen molar-refractivity contribution in [2.75, 3.05) is 5.32 Å².